The van der Waals surface area contributed by atoms with E-state index in [2.05, 4.69) is 4.58 Å². The normalized spacial score (nSPS) is 21.7. The third-order valence-electron chi connectivity index (χ3n) is 5.36. The molecule has 0 aliphatic carbocycles. The minimum absolute atomic E-state index is 0. The van der Waals surface area contributed by atoms with Crippen molar-refractivity contribution in [2.24, 2.45) is 0 Å². The molecule has 4 rings (SSSR count). The summed E-state index contributed by atoms with van der Waals surface area (Å²) in [5, 5.41) is 23.4. The Balaban J connectivity index is 0.00000225. The van der Waals surface area contributed by atoms with E-state index >= 15 is 0 Å². The fraction of sp³-hybridized carbons (Fsp3) is 0.350. The minimum atomic E-state index is -1.28. The first kappa shape index (κ1) is 20.8. The Morgan fingerprint density at radius 1 is 1.07 bits per heavy atom. The summed E-state index contributed by atoms with van der Waals surface area (Å²) < 4.78 is 2.24. The maximum atomic E-state index is 11.8. The largest absolute Gasteiger partial charge is 1.00 e. The predicted octanol–water partition coefficient (Wildman–Crippen LogP) is 0.902. The second-order valence-corrected chi connectivity index (χ2v) is 7.52. The highest BCUT2D eigenvalue weighted by atomic mass is 79.9. The van der Waals surface area contributed by atoms with Gasteiger partial charge in [-0.2, -0.15) is 4.90 Å². The summed E-state index contributed by atoms with van der Waals surface area (Å²) in [7, 11) is 0. The van der Waals surface area contributed by atoms with Crippen LogP contribution in [-0.4, -0.2) is 33.5 Å². The Morgan fingerprint density at radius 3 is 2.39 bits per heavy atom. The fourth-order valence-electron chi connectivity index (χ4n) is 4.05. The number of benzene rings is 2. The lowest BCUT2D eigenvalue weighted by atomic mass is 9.99. The van der Waals surface area contributed by atoms with Crippen molar-refractivity contribution in [2.45, 2.75) is 31.4 Å². The van der Waals surface area contributed by atoms with E-state index in [1.807, 2.05) is 29.2 Å². The van der Waals surface area contributed by atoms with Crippen molar-refractivity contribution in [2.75, 3.05) is 18.0 Å². The van der Waals surface area contributed by atoms with Gasteiger partial charge in [0.25, 0.3) is 17.2 Å². The van der Waals surface area contributed by atoms with Gasteiger partial charge in [-0.3, -0.25) is 14.7 Å². The van der Waals surface area contributed by atoms with Crippen LogP contribution in [0.5, 0.6) is 0 Å². The lowest BCUT2D eigenvalue weighted by molar-refractivity contribution is -0.534. The van der Waals surface area contributed by atoms with Gasteiger partial charge in [0.1, 0.15) is 5.69 Å². The minimum Gasteiger partial charge on any atom is -1.00 e. The van der Waals surface area contributed by atoms with Crippen LogP contribution in [0, 0.1) is 10.1 Å². The molecule has 0 fully saturated rings. The topological polar surface area (TPSA) is 69.6 Å². The molecule has 2 aromatic rings. The molecule has 0 spiro atoms. The van der Waals surface area contributed by atoms with Crippen LogP contribution >= 0.6 is 11.6 Å². The van der Waals surface area contributed by atoms with Crippen LogP contribution in [0.1, 0.15) is 31.2 Å². The number of amidine groups is 1. The third kappa shape index (κ3) is 3.66. The molecule has 0 saturated carbocycles. The van der Waals surface area contributed by atoms with E-state index in [9.17, 15) is 15.2 Å². The number of aliphatic hydroxyl groups is 1. The first-order valence-corrected chi connectivity index (χ1v) is 9.51. The van der Waals surface area contributed by atoms with Crippen molar-refractivity contribution < 1.29 is 31.6 Å². The predicted molar refractivity (Wildman–Crippen MR) is 104 cm³/mol. The number of anilines is 1. The molecule has 1 unspecified atom stereocenters. The van der Waals surface area contributed by atoms with Crippen molar-refractivity contribution >= 4 is 28.8 Å². The van der Waals surface area contributed by atoms with Crippen molar-refractivity contribution in [1.82, 2.24) is 0 Å². The zero-order valence-electron chi connectivity index (χ0n) is 15.2. The zero-order valence-corrected chi connectivity index (χ0v) is 17.6. The number of hydrogen-bond donors (Lipinski definition) is 1. The molecular weight excluding hydrogens is 446 g/mol. The summed E-state index contributed by atoms with van der Waals surface area (Å²) in [4.78, 5) is 12.5. The number of hydrogen-bond acceptors (Lipinski definition) is 4. The molecule has 0 bridgehead atoms. The van der Waals surface area contributed by atoms with Gasteiger partial charge in [0.15, 0.2) is 6.54 Å². The quantitative estimate of drug-likeness (QED) is 0.415. The molecule has 6 nitrogen and oxygen atoms in total. The summed E-state index contributed by atoms with van der Waals surface area (Å²) in [5.74, 6) is 1.09. The maximum Gasteiger partial charge on any atom is 0.275 e. The fourth-order valence-corrected chi connectivity index (χ4v) is 4.17. The molecule has 0 radical (unpaired) electrons. The van der Waals surface area contributed by atoms with Crippen LogP contribution < -0.4 is 21.9 Å². The molecular formula is C20H21BrClN3O3. The summed E-state index contributed by atoms with van der Waals surface area (Å²) >= 11 is 6.05. The van der Waals surface area contributed by atoms with Crippen LogP contribution in [-0.2, 0) is 5.72 Å². The van der Waals surface area contributed by atoms with Crippen molar-refractivity contribution in [3.8, 4) is 0 Å². The van der Waals surface area contributed by atoms with Gasteiger partial charge >= 0.3 is 0 Å². The number of nitro benzene ring substituents is 1. The summed E-state index contributed by atoms with van der Waals surface area (Å²) in [5.41, 5.74) is 0.235. The number of nitro groups is 1. The SMILES string of the molecule is O=[N+]([O-])c1ccc(C2(O)C[N+]3=C(CCCCC3)N2c2ccc(Cl)cc2)cc1.[Br-]. The molecule has 1 atom stereocenters. The summed E-state index contributed by atoms with van der Waals surface area (Å²) in [6, 6.07) is 13.6. The van der Waals surface area contributed by atoms with Crippen molar-refractivity contribution in [3.05, 3.63) is 69.2 Å². The first-order chi connectivity index (χ1) is 13.0. The molecule has 0 saturated heterocycles. The molecule has 1 N–H and O–H groups in total. The van der Waals surface area contributed by atoms with Gasteiger partial charge in [-0.25, -0.2) is 0 Å². The van der Waals surface area contributed by atoms with E-state index in [-0.39, 0.29) is 22.7 Å². The van der Waals surface area contributed by atoms with E-state index in [4.69, 9.17) is 11.6 Å². The van der Waals surface area contributed by atoms with Gasteiger partial charge in [0, 0.05) is 29.1 Å². The molecule has 0 aromatic heterocycles. The molecule has 8 heteroatoms. The van der Waals surface area contributed by atoms with Gasteiger partial charge in [-0.15, -0.1) is 0 Å². The maximum absolute atomic E-state index is 11.8. The highest BCUT2D eigenvalue weighted by molar-refractivity contribution is 6.30. The highest BCUT2D eigenvalue weighted by Gasteiger charge is 2.54. The summed E-state index contributed by atoms with van der Waals surface area (Å²) in [6.45, 7) is 1.33. The summed E-state index contributed by atoms with van der Waals surface area (Å²) in [6.07, 6.45) is 4.23. The Bertz CT molecular complexity index is 902. The molecule has 2 aliphatic heterocycles. The number of halogens is 2. The molecule has 2 aromatic carbocycles. The Hall–Kier alpha value is -1.96. The smallest absolute Gasteiger partial charge is 0.275 e. The Kier molecular flexibility index (Phi) is 6.07. The molecule has 2 heterocycles. The van der Waals surface area contributed by atoms with Gasteiger partial charge in [0.2, 0.25) is 0 Å². The second kappa shape index (κ2) is 8.19. The van der Waals surface area contributed by atoms with Crippen LogP contribution in [0.25, 0.3) is 0 Å². The number of rotatable bonds is 3. The number of non-ortho nitro benzene ring substituents is 1. The number of nitrogens with zero attached hydrogens (tertiary/aromatic N) is 3. The molecule has 2 aliphatic rings. The van der Waals surface area contributed by atoms with Gasteiger partial charge in [-0.1, -0.05) is 11.6 Å². The molecule has 0 amide bonds. The molecule has 148 valence electrons. The zero-order chi connectivity index (χ0) is 19.0. The average molecular weight is 467 g/mol. The average Bonchev–Trinajstić information content (AvgIpc) is 2.79. The second-order valence-electron chi connectivity index (χ2n) is 7.08. The van der Waals surface area contributed by atoms with Crippen LogP contribution in [0.15, 0.2) is 48.5 Å². The van der Waals surface area contributed by atoms with E-state index in [0.717, 1.165) is 37.3 Å². The van der Waals surface area contributed by atoms with E-state index in [0.29, 0.717) is 17.1 Å². The standard InChI is InChI=1S/C20H21ClN3O3.BrH/c21-16-7-11-17(12-8-16)23-19-4-2-1-3-13-22(19)14-20(23,25)15-5-9-18(10-6-15)24(26)27;/h5-12,25H,1-4,13-14H2;1H/q+1;/p-1. The van der Waals surface area contributed by atoms with Crippen molar-refractivity contribution in [1.29, 1.82) is 0 Å². The van der Waals surface area contributed by atoms with Gasteiger partial charge < -0.3 is 22.1 Å². The van der Waals surface area contributed by atoms with Gasteiger partial charge in [-0.05, 0) is 55.7 Å². The van der Waals surface area contributed by atoms with Crippen LogP contribution in [0.3, 0.4) is 0 Å². The monoisotopic (exact) mass is 465 g/mol. The van der Waals surface area contributed by atoms with E-state index in [1.165, 1.54) is 18.6 Å². The van der Waals surface area contributed by atoms with Crippen LogP contribution in [0.4, 0.5) is 11.4 Å². The van der Waals surface area contributed by atoms with E-state index in [1.54, 1.807) is 12.1 Å². The van der Waals surface area contributed by atoms with Crippen LogP contribution in [0.2, 0.25) is 5.02 Å². The van der Waals surface area contributed by atoms with E-state index < -0.39 is 10.6 Å². The first-order valence-electron chi connectivity index (χ1n) is 9.13. The Morgan fingerprint density at radius 2 is 1.75 bits per heavy atom. The van der Waals surface area contributed by atoms with Crippen molar-refractivity contribution in [3.63, 3.8) is 0 Å². The third-order valence-corrected chi connectivity index (χ3v) is 5.61. The lowest BCUT2D eigenvalue weighted by Crippen LogP contribution is -3.00. The van der Waals surface area contributed by atoms with Gasteiger partial charge in [0.05, 0.1) is 11.5 Å². The molecule has 28 heavy (non-hydrogen) atoms. The Labute approximate surface area is 179 Å². The lowest BCUT2D eigenvalue weighted by Gasteiger charge is -2.29. The highest BCUT2D eigenvalue weighted by Crippen LogP contribution is 2.38.